The SMILES string of the molecule is Cc1cccc(C(=O)C2C(c3ccc(F)cc3)C(C(=O)O)N(C(=O)Nc3ccc(F)cc3)C2C=Cc2ccccc2)c1. The molecule has 1 aliphatic rings. The van der Waals surface area contributed by atoms with E-state index in [2.05, 4.69) is 5.32 Å². The van der Waals surface area contributed by atoms with Crippen LogP contribution in [0.1, 0.15) is 33.0 Å². The number of urea groups is 1. The highest BCUT2D eigenvalue weighted by Crippen LogP contribution is 2.45. The van der Waals surface area contributed by atoms with Crippen LogP contribution in [0.15, 0.2) is 109 Å². The summed E-state index contributed by atoms with van der Waals surface area (Å²) >= 11 is 0. The molecule has 4 unspecified atom stereocenters. The number of carboxylic acid groups (broad SMARTS) is 1. The Kier molecular flexibility index (Phi) is 8.24. The lowest BCUT2D eigenvalue weighted by Crippen LogP contribution is -2.48. The molecule has 0 aromatic heterocycles. The third kappa shape index (κ3) is 5.98. The maximum atomic E-state index is 14.3. The van der Waals surface area contributed by atoms with E-state index in [0.717, 1.165) is 16.0 Å². The number of aliphatic carboxylic acids is 1. The minimum Gasteiger partial charge on any atom is -0.480 e. The smallest absolute Gasteiger partial charge is 0.327 e. The van der Waals surface area contributed by atoms with Gasteiger partial charge in [0, 0.05) is 17.2 Å². The van der Waals surface area contributed by atoms with Crippen molar-refractivity contribution in [1.29, 1.82) is 0 Å². The van der Waals surface area contributed by atoms with E-state index in [0.29, 0.717) is 11.1 Å². The molecule has 42 heavy (non-hydrogen) atoms. The number of likely N-dealkylation sites (tertiary alicyclic amines) is 1. The van der Waals surface area contributed by atoms with Crippen molar-refractivity contribution >= 4 is 29.5 Å². The number of Topliss-reactive ketones (excluding diaryl/α,β-unsaturated/α-hetero) is 1. The molecule has 212 valence electrons. The monoisotopic (exact) mass is 566 g/mol. The molecule has 2 N–H and O–H groups in total. The number of amides is 2. The quantitative estimate of drug-likeness (QED) is 0.237. The lowest BCUT2D eigenvalue weighted by Gasteiger charge is -2.28. The zero-order chi connectivity index (χ0) is 29.8. The molecule has 0 aliphatic carbocycles. The highest BCUT2D eigenvalue weighted by atomic mass is 19.1. The van der Waals surface area contributed by atoms with Gasteiger partial charge in [-0.2, -0.15) is 0 Å². The van der Waals surface area contributed by atoms with Crippen LogP contribution in [0.25, 0.3) is 6.08 Å². The summed E-state index contributed by atoms with van der Waals surface area (Å²) in [5.41, 5.74) is 2.66. The molecule has 2 amide bonds. The number of benzene rings is 4. The number of hydrogen-bond acceptors (Lipinski definition) is 3. The third-order valence-electron chi connectivity index (χ3n) is 7.44. The first kappa shape index (κ1) is 28.4. The van der Waals surface area contributed by atoms with E-state index in [-0.39, 0.29) is 11.5 Å². The third-order valence-corrected chi connectivity index (χ3v) is 7.44. The summed E-state index contributed by atoms with van der Waals surface area (Å²) in [6, 6.07) is 23.3. The number of carbonyl (C=O) groups excluding carboxylic acids is 2. The van der Waals surface area contributed by atoms with Crippen LogP contribution in [0.5, 0.6) is 0 Å². The molecule has 0 spiro atoms. The van der Waals surface area contributed by atoms with Crippen LogP contribution in [-0.4, -0.2) is 39.9 Å². The summed E-state index contributed by atoms with van der Waals surface area (Å²) in [7, 11) is 0. The summed E-state index contributed by atoms with van der Waals surface area (Å²) in [6.45, 7) is 1.85. The van der Waals surface area contributed by atoms with Crippen molar-refractivity contribution in [1.82, 2.24) is 4.90 Å². The molecule has 1 saturated heterocycles. The Morgan fingerprint density at radius 2 is 1.48 bits per heavy atom. The van der Waals surface area contributed by atoms with Gasteiger partial charge >= 0.3 is 12.0 Å². The first-order valence-corrected chi connectivity index (χ1v) is 13.4. The Labute approximate surface area is 241 Å². The molecule has 0 radical (unpaired) electrons. The summed E-state index contributed by atoms with van der Waals surface area (Å²) in [5.74, 6) is -4.73. The van der Waals surface area contributed by atoms with Crippen molar-refractivity contribution in [3.05, 3.63) is 143 Å². The van der Waals surface area contributed by atoms with E-state index >= 15 is 0 Å². The molecule has 8 heteroatoms. The maximum Gasteiger partial charge on any atom is 0.327 e. The average Bonchev–Trinajstić information content (AvgIpc) is 3.33. The molecule has 4 aromatic rings. The lowest BCUT2D eigenvalue weighted by molar-refractivity contribution is -0.141. The molecule has 4 atom stereocenters. The highest BCUT2D eigenvalue weighted by molar-refractivity contribution is 6.02. The first-order valence-electron chi connectivity index (χ1n) is 13.4. The zero-order valence-electron chi connectivity index (χ0n) is 22.7. The van der Waals surface area contributed by atoms with Crippen LogP contribution < -0.4 is 5.32 Å². The van der Waals surface area contributed by atoms with Gasteiger partial charge in [0.1, 0.15) is 17.7 Å². The van der Waals surface area contributed by atoms with Gasteiger partial charge in [0.25, 0.3) is 0 Å². The number of halogens is 2. The summed E-state index contributed by atoms with van der Waals surface area (Å²) < 4.78 is 27.5. The Morgan fingerprint density at radius 1 is 0.833 bits per heavy atom. The summed E-state index contributed by atoms with van der Waals surface area (Å²) in [5, 5.41) is 13.2. The summed E-state index contributed by atoms with van der Waals surface area (Å²) in [4.78, 5) is 42.3. The number of carboxylic acids is 1. The molecule has 0 saturated carbocycles. The normalized spacial score (nSPS) is 20.0. The minimum atomic E-state index is -1.49. The van der Waals surface area contributed by atoms with Crippen molar-refractivity contribution < 1.29 is 28.3 Å². The van der Waals surface area contributed by atoms with Gasteiger partial charge in [0.05, 0.1) is 12.0 Å². The van der Waals surface area contributed by atoms with Crippen LogP contribution in [0.3, 0.4) is 0 Å². The number of anilines is 1. The minimum absolute atomic E-state index is 0.253. The van der Waals surface area contributed by atoms with Crippen molar-refractivity contribution in [3.63, 3.8) is 0 Å². The van der Waals surface area contributed by atoms with Gasteiger partial charge in [-0.3, -0.25) is 4.79 Å². The predicted octanol–water partition coefficient (Wildman–Crippen LogP) is 6.94. The highest BCUT2D eigenvalue weighted by Gasteiger charge is 2.56. The van der Waals surface area contributed by atoms with Crippen LogP contribution in [-0.2, 0) is 4.79 Å². The summed E-state index contributed by atoms with van der Waals surface area (Å²) in [6.07, 6.45) is 3.41. The lowest BCUT2D eigenvalue weighted by atomic mass is 9.77. The number of carbonyl (C=O) groups is 3. The van der Waals surface area contributed by atoms with Crippen molar-refractivity contribution in [3.8, 4) is 0 Å². The predicted molar refractivity (Wildman–Crippen MR) is 156 cm³/mol. The van der Waals surface area contributed by atoms with E-state index < -0.39 is 47.6 Å². The van der Waals surface area contributed by atoms with E-state index in [1.54, 1.807) is 30.4 Å². The van der Waals surface area contributed by atoms with Crippen LogP contribution in [0, 0.1) is 24.5 Å². The average molecular weight is 567 g/mol. The molecular weight excluding hydrogens is 538 g/mol. The Bertz CT molecular complexity index is 1620. The molecule has 5 rings (SSSR count). The van der Waals surface area contributed by atoms with Gasteiger partial charge in [-0.05, 0) is 60.5 Å². The van der Waals surface area contributed by atoms with Gasteiger partial charge in [0.2, 0.25) is 0 Å². The Balaban J connectivity index is 1.68. The van der Waals surface area contributed by atoms with Gasteiger partial charge in [0.15, 0.2) is 5.78 Å². The fourth-order valence-electron chi connectivity index (χ4n) is 5.57. The fraction of sp³-hybridized carbons (Fsp3) is 0.147. The number of nitrogens with one attached hydrogen (secondary N) is 1. The molecule has 1 heterocycles. The number of rotatable bonds is 7. The van der Waals surface area contributed by atoms with Crippen molar-refractivity contribution in [2.24, 2.45) is 5.92 Å². The first-order chi connectivity index (χ1) is 20.2. The zero-order valence-corrected chi connectivity index (χ0v) is 22.7. The second-order valence-corrected chi connectivity index (χ2v) is 10.2. The van der Waals surface area contributed by atoms with Crippen molar-refractivity contribution in [2.75, 3.05) is 5.32 Å². The molecule has 4 aromatic carbocycles. The van der Waals surface area contributed by atoms with E-state index in [9.17, 15) is 28.3 Å². The number of hydrogen-bond donors (Lipinski definition) is 2. The number of nitrogens with zero attached hydrogens (tertiary/aromatic N) is 1. The molecule has 0 bridgehead atoms. The van der Waals surface area contributed by atoms with Crippen LogP contribution in [0.4, 0.5) is 19.3 Å². The topological polar surface area (TPSA) is 86.7 Å². The van der Waals surface area contributed by atoms with Gasteiger partial charge in [-0.15, -0.1) is 0 Å². The van der Waals surface area contributed by atoms with Gasteiger partial charge in [-0.25, -0.2) is 18.4 Å². The molecule has 6 nitrogen and oxygen atoms in total. The van der Waals surface area contributed by atoms with Crippen LogP contribution in [0.2, 0.25) is 0 Å². The maximum absolute atomic E-state index is 14.3. The van der Waals surface area contributed by atoms with Gasteiger partial charge in [-0.1, -0.05) is 78.4 Å². The largest absolute Gasteiger partial charge is 0.480 e. The number of ketones is 1. The standard InChI is InChI=1S/C34H28F2N2O4/c1-21-6-5-9-24(20-21)32(39)30-28(19-10-22-7-3-2-4-8-22)38(34(42)37-27-17-15-26(36)16-18-27)31(33(40)41)29(30)23-11-13-25(35)14-12-23/h2-20,28-31H,1H3,(H,37,42)(H,40,41). The van der Waals surface area contributed by atoms with Crippen molar-refractivity contribution in [2.45, 2.75) is 24.9 Å². The van der Waals surface area contributed by atoms with E-state index in [4.69, 9.17) is 0 Å². The Morgan fingerprint density at radius 3 is 2.10 bits per heavy atom. The Hall–Kier alpha value is -5.11. The second kappa shape index (κ2) is 12.2. The number of aryl methyl sites for hydroxylation is 1. The van der Waals surface area contributed by atoms with E-state index in [1.165, 1.54) is 48.5 Å². The van der Waals surface area contributed by atoms with Crippen LogP contribution >= 0.6 is 0 Å². The molecule has 1 fully saturated rings. The molecular formula is C34H28F2N2O4. The molecule has 1 aliphatic heterocycles. The fourth-order valence-corrected chi connectivity index (χ4v) is 5.57. The second-order valence-electron chi connectivity index (χ2n) is 10.2. The van der Waals surface area contributed by atoms with Gasteiger partial charge < -0.3 is 15.3 Å². The van der Waals surface area contributed by atoms with E-state index in [1.807, 2.05) is 43.3 Å².